The zero-order chi connectivity index (χ0) is 19.5. The average Bonchev–Trinajstić information content (AvgIpc) is 3.24. The van der Waals surface area contributed by atoms with Crippen LogP contribution in [0.15, 0.2) is 70.8 Å². The summed E-state index contributed by atoms with van der Waals surface area (Å²) < 4.78 is 1.57. The van der Waals surface area contributed by atoms with Crippen LogP contribution in [0.1, 0.15) is 15.2 Å². The van der Waals surface area contributed by atoms with Crippen LogP contribution in [0.25, 0.3) is 11.0 Å². The van der Waals surface area contributed by atoms with Crippen LogP contribution >= 0.6 is 11.3 Å². The molecular formula is C21H18N4O2S. The smallest absolute Gasteiger partial charge is 0.293 e. The lowest BCUT2D eigenvalue weighted by Crippen LogP contribution is -2.22. The molecule has 0 aliphatic rings. The first-order valence-corrected chi connectivity index (χ1v) is 9.63. The second-order valence-electron chi connectivity index (χ2n) is 6.28. The Morgan fingerprint density at radius 1 is 1.07 bits per heavy atom. The van der Waals surface area contributed by atoms with Gasteiger partial charge in [-0.1, -0.05) is 18.2 Å². The lowest BCUT2D eigenvalue weighted by molar-refractivity contribution is 0.0951. The van der Waals surface area contributed by atoms with Crippen LogP contribution in [-0.4, -0.2) is 15.5 Å². The lowest BCUT2D eigenvalue weighted by Gasteiger charge is -2.10. The van der Waals surface area contributed by atoms with Gasteiger partial charge in [-0.3, -0.25) is 9.59 Å². The molecule has 0 spiro atoms. The zero-order valence-electron chi connectivity index (χ0n) is 15.2. The maximum Gasteiger partial charge on any atom is 0.293 e. The third-order valence-corrected chi connectivity index (χ3v) is 5.27. The number of carbonyl (C=O) groups excluding carboxylic acids is 1. The van der Waals surface area contributed by atoms with E-state index in [1.54, 1.807) is 47.2 Å². The normalized spacial score (nSPS) is 10.8. The van der Waals surface area contributed by atoms with Crippen LogP contribution in [0.2, 0.25) is 0 Å². The minimum atomic E-state index is -0.212. The van der Waals surface area contributed by atoms with E-state index in [0.717, 1.165) is 15.9 Å². The highest BCUT2D eigenvalue weighted by Crippen LogP contribution is 2.16. The Bertz CT molecular complexity index is 1180. The molecule has 4 rings (SSSR count). The van der Waals surface area contributed by atoms with Crippen molar-refractivity contribution in [3.8, 4) is 0 Å². The van der Waals surface area contributed by atoms with Gasteiger partial charge in [0.25, 0.3) is 11.5 Å². The molecule has 0 aliphatic heterocycles. The number of hydrogen-bond acceptors (Lipinski definition) is 5. The Balaban J connectivity index is 1.50. The standard InChI is InChI=1S/C21H18N4O2S/c1-25-18-7-3-2-6-17(18)24-19(21(25)27)23-15-10-8-14(9-11-15)20(26)22-13-16-5-4-12-28-16/h2-12H,13H2,1H3,(H,22,26)(H,23,24). The number of amides is 1. The number of carbonyl (C=O) groups is 1. The second kappa shape index (κ2) is 7.66. The van der Waals surface area contributed by atoms with Crippen LogP contribution in [0.5, 0.6) is 0 Å². The van der Waals surface area contributed by atoms with E-state index in [1.807, 2.05) is 41.8 Å². The van der Waals surface area contributed by atoms with E-state index < -0.39 is 0 Å². The molecule has 0 unspecified atom stereocenters. The summed E-state index contributed by atoms with van der Waals surface area (Å²) in [7, 11) is 1.72. The number of para-hydroxylation sites is 2. The number of anilines is 2. The number of aromatic nitrogens is 2. The van der Waals surface area contributed by atoms with Gasteiger partial charge >= 0.3 is 0 Å². The molecule has 2 aromatic heterocycles. The van der Waals surface area contributed by atoms with Crippen molar-refractivity contribution in [1.82, 2.24) is 14.9 Å². The maximum atomic E-state index is 12.5. The molecule has 0 bridgehead atoms. The molecule has 7 heteroatoms. The van der Waals surface area contributed by atoms with Gasteiger partial charge in [-0.25, -0.2) is 4.98 Å². The van der Waals surface area contributed by atoms with Crippen molar-refractivity contribution in [2.75, 3.05) is 5.32 Å². The molecule has 140 valence electrons. The van der Waals surface area contributed by atoms with Crippen LogP contribution in [-0.2, 0) is 13.6 Å². The summed E-state index contributed by atoms with van der Waals surface area (Å²) in [5, 5.41) is 7.92. The van der Waals surface area contributed by atoms with Crippen molar-refractivity contribution < 1.29 is 4.79 Å². The SMILES string of the molecule is Cn1c(=O)c(Nc2ccc(C(=O)NCc3cccs3)cc2)nc2ccccc21. The molecule has 0 saturated carbocycles. The molecule has 0 atom stereocenters. The highest BCUT2D eigenvalue weighted by molar-refractivity contribution is 7.09. The molecule has 0 saturated heterocycles. The fraction of sp³-hybridized carbons (Fsp3) is 0.0952. The van der Waals surface area contributed by atoms with Gasteiger partial charge in [0.1, 0.15) is 0 Å². The third-order valence-electron chi connectivity index (χ3n) is 4.40. The van der Waals surface area contributed by atoms with Gasteiger partial charge in [0.05, 0.1) is 17.6 Å². The van der Waals surface area contributed by atoms with Crippen LogP contribution in [0.4, 0.5) is 11.5 Å². The first-order valence-electron chi connectivity index (χ1n) is 8.75. The second-order valence-corrected chi connectivity index (χ2v) is 7.31. The zero-order valence-corrected chi connectivity index (χ0v) is 16.0. The van der Waals surface area contributed by atoms with E-state index >= 15 is 0 Å². The Morgan fingerprint density at radius 3 is 2.61 bits per heavy atom. The average molecular weight is 390 g/mol. The number of hydrogen-bond donors (Lipinski definition) is 2. The highest BCUT2D eigenvalue weighted by Gasteiger charge is 2.10. The van der Waals surface area contributed by atoms with Gasteiger partial charge in [0, 0.05) is 23.2 Å². The Kier molecular flexibility index (Phi) is 4.90. The van der Waals surface area contributed by atoms with E-state index in [-0.39, 0.29) is 17.3 Å². The Labute approximate surface area is 165 Å². The van der Waals surface area contributed by atoms with Crippen LogP contribution < -0.4 is 16.2 Å². The summed E-state index contributed by atoms with van der Waals surface area (Å²) >= 11 is 1.60. The summed E-state index contributed by atoms with van der Waals surface area (Å²) in [5.74, 6) is 0.107. The number of thiophene rings is 1. The van der Waals surface area contributed by atoms with E-state index in [2.05, 4.69) is 15.6 Å². The van der Waals surface area contributed by atoms with Crippen LogP contribution in [0, 0.1) is 0 Å². The number of fused-ring (bicyclic) bond motifs is 1. The van der Waals surface area contributed by atoms with Crippen molar-refractivity contribution in [3.05, 3.63) is 86.8 Å². The Morgan fingerprint density at radius 2 is 1.86 bits per heavy atom. The number of nitrogens with zero attached hydrogens (tertiary/aromatic N) is 2. The first-order chi connectivity index (χ1) is 13.6. The molecule has 2 heterocycles. The summed E-state index contributed by atoms with van der Waals surface area (Å²) in [6, 6.07) is 18.4. The highest BCUT2D eigenvalue weighted by atomic mass is 32.1. The molecule has 2 aromatic carbocycles. The van der Waals surface area contributed by atoms with Gasteiger partial charge < -0.3 is 15.2 Å². The number of nitrogens with one attached hydrogen (secondary N) is 2. The maximum absolute atomic E-state index is 12.5. The molecule has 0 aliphatic carbocycles. The van der Waals surface area contributed by atoms with Crippen molar-refractivity contribution in [2.24, 2.45) is 7.05 Å². The summed E-state index contributed by atoms with van der Waals surface area (Å²) in [5.41, 5.74) is 2.54. The number of rotatable bonds is 5. The molecule has 2 N–H and O–H groups in total. The minimum Gasteiger partial charge on any atom is -0.347 e. The largest absolute Gasteiger partial charge is 0.347 e. The predicted octanol–water partition coefficient (Wildman–Crippen LogP) is 3.67. The Hall–Kier alpha value is -3.45. The topological polar surface area (TPSA) is 76.0 Å². The molecule has 1 amide bonds. The van der Waals surface area contributed by atoms with Gasteiger partial charge in [-0.15, -0.1) is 11.3 Å². The third kappa shape index (κ3) is 3.65. The molecular weight excluding hydrogens is 372 g/mol. The minimum absolute atomic E-state index is 0.139. The van der Waals surface area contributed by atoms with E-state index in [0.29, 0.717) is 17.8 Å². The molecule has 0 radical (unpaired) electrons. The van der Waals surface area contributed by atoms with Crippen LogP contribution in [0.3, 0.4) is 0 Å². The monoisotopic (exact) mass is 390 g/mol. The summed E-state index contributed by atoms with van der Waals surface area (Å²) in [4.78, 5) is 30.3. The quantitative estimate of drug-likeness (QED) is 0.545. The van der Waals surface area contributed by atoms with Crippen molar-refractivity contribution >= 4 is 39.8 Å². The van der Waals surface area contributed by atoms with Gasteiger partial charge in [-0.05, 0) is 47.8 Å². The predicted molar refractivity (Wildman–Crippen MR) is 112 cm³/mol. The summed E-state index contributed by atoms with van der Waals surface area (Å²) in [6.07, 6.45) is 0. The lowest BCUT2D eigenvalue weighted by atomic mass is 10.2. The van der Waals surface area contributed by atoms with E-state index in [4.69, 9.17) is 0 Å². The van der Waals surface area contributed by atoms with Gasteiger partial charge in [-0.2, -0.15) is 0 Å². The van der Waals surface area contributed by atoms with Gasteiger partial charge in [0.15, 0.2) is 5.82 Å². The summed E-state index contributed by atoms with van der Waals surface area (Å²) in [6.45, 7) is 0.507. The fourth-order valence-corrected chi connectivity index (χ4v) is 3.53. The van der Waals surface area contributed by atoms with Crippen molar-refractivity contribution in [1.29, 1.82) is 0 Å². The molecule has 4 aromatic rings. The van der Waals surface area contributed by atoms with E-state index in [9.17, 15) is 9.59 Å². The van der Waals surface area contributed by atoms with Crippen molar-refractivity contribution in [3.63, 3.8) is 0 Å². The molecule has 28 heavy (non-hydrogen) atoms. The molecule has 6 nitrogen and oxygen atoms in total. The number of benzene rings is 2. The number of aryl methyl sites for hydroxylation is 1. The van der Waals surface area contributed by atoms with Gasteiger partial charge in [0.2, 0.25) is 0 Å². The first kappa shape index (κ1) is 17.9. The van der Waals surface area contributed by atoms with Crippen molar-refractivity contribution in [2.45, 2.75) is 6.54 Å². The molecule has 0 fully saturated rings. The fourth-order valence-electron chi connectivity index (χ4n) is 2.88. The van der Waals surface area contributed by atoms with E-state index in [1.165, 1.54) is 0 Å².